The molecule has 1 unspecified atom stereocenters. The molecule has 1 aromatic carbocycles. The Balaban J connectivity index is 1.27. The van der Waals surface area contributed by atoms with E-state index in [2.05, 4.69) is 24.7 Å². The lowest BCUT2D eigenvalue weighted by Gasteiger charge is -2.40. The fourth-order valence-electron chi connectivity index (χ4n) is 5.89. The number of fused-ring (bicyclic) bond motifs is 1. The van der Waals surface area contributed by atoms with Crippen LogP contribution in [0.25, 0.3) is 0 Å². The molecule has 8 nitrogen and oxygen atoms in total. The average molecular weight is 531 g/mol. The molecular weight excluding hydrogens is 495 g/mol. The van der Waals surface area contributed by atoms with Gasteiger partial charge in [0.15, 0.2) is 0 Å². The maximum Gasteiger partial charge on any atom is 0.231 e. The maximum atomic E-state index is 14.4. The number of amides is 1. The third-order valence-electron chi connectivity index (χ3n) is 8.03. The van der Waals surface area contributed by atoms with Crippen molar-refractivity contribution in [2.24, 2.45) is 0 Å². The standard InChI is InChI=1S/C27H36ClFN6O2/c1-19-16-23(29)25-24(19)26(31-18-30-25)34-10-12-35(13-11-34)27(37)22(20-2-4-21(28)5-3-20)17-33-8-6-32(7-9-33)14-15-36/h2-5,18-19,22-23,36H,6-17H2,1H3/t19-,22+,23?/m1/s1. The highest BCUT2D eigenvalue weighted by Crippen LogP contribution is 2.44. The molecule has 2 aliphatic heterocycles. The summed E-state index contributed by atoms with van der Waals surface area (Å²) in [5, 5.41) is 9.89. The summed E-state index contributed by atoms with van der Waals surface area (Å²) in [7, 11) is 0. The van der Waals surface area contributed by atoms with Gasteiger partial charge in [0.1, 0.15) is 18.3 Å². The Morgan fingerprint density at radius 3 is 2.41 bits per heavy atom. The number of anilines is 1. The lowest BCUT2D eigenvalue weighted by Crippen LogP contribution is -2.53. The molecule has 1 aliphatic carbocycles. The van der Waals surface area contributed by atoms with Crippen LogP contribution >= 0.6 is 11.6 Å². The molecule has 2 fully saturated rings. The number of aliphatic hydroxyl groups is 1. The van der Waals surface area contributed by atoms with Crippen molar-refractivity contribution in [2.45, 2.75) is 31.4 Å². The predicted octanol–water partition coefficient (Wildman–Crippen LogP) is 2.69. The highest BCUT2D eigenvalue weighted by Gasteiger charge is 2.36. The smallest absolute Gasteiger partial charge is 0.231 e. The summed E-state index contributed by atoms with van der Waals surface area (Å²) in [5.74, 6) is 0.765. The first-order valence-corrected chi connectivity index (χ1v) is 13.7. The number of alkyl halides is 1. The van der Waals surface area contributed by atoms with Gasteiger partial charge in [-0.1, -0.05) is 30.7 Å². The first-order chi connectivity index (χ1) is 17.9. The van der Waals surface area contributed by atoms with Crippen LogP contribution in [0, 0.1) is 0 Å². The van der Waals surface area contributed by atoms with Gasteiger partial charge in [-0.15, -0.1) is 0 Å². The van der Waals surface area contributed by atoms with Gasteiger partial charge in [-0.25, -0.2) is 14.4 Å². The summed E-state index contributed by atoms with van der Waals surface area (Å²) < 4.78 is 14.4. The minimum Gasteiger partial charge on any atom is -0.395 e. The fraction of sp³-hybridized carbons (Fsp3) is 0.593. The number of hydrogen-bond donors (Lipinski definition) is 1. The minimum absolute atomic E-state index is 0.0907. The van der Waals surface area contributed by atoms with Crippen LogP contribution in [-0.2, 0) is 4.79 Å². The minimum atomic E-state index is -1.03. The number of aliphatic hydroxyl groups excluding tert-OH is 1. The van der Waals surface area contributed by atoms with Gasteiger partial charge in [0.25, 0.3) is 0 Å². The third kappa shape index (κ3) is 5.74. The van der Waals surface area contributed by atoms with E-state index in [1.165, 1.54) is 6.33 Å². The van der Waals surface area contributed by atoms with Crippen molar-refractivity contribution in [2.75, 3.05) is 77.0 Å². The normalized spacial score (nSPS) is 23.8. The number of hydrogen-bond acceptors (Lipinski definition) is 7. The van der Waals surface area contributed by atoms with E-state index in [0.29, 0.717) is 56.4 Å². The van der Waals surface area contributed by atoms with E-state index in [-0.39, 0.29) is 24.3 Å². The molecular formula is C27H36ClFN6O2. The number of piperazine rings is 2. The lowest BCUT2D eigenvalue weighted by molar-refractivity contribution is -0.133. The van der Waals surface area contributed by atoms with Gasteiger partial charge < -0.3 is 14.9 Å². The van der Waals surface area contributed by atoms with Crippen molar-refractivity contribution in [3.8, 4) is 0 Å². The molecule has 1 amide bonds. The van der Waals surface area contributed by atoms with Crippen LogP contribution in [0.4, 0.5) is 10.2 Å². The van der Waals surface area contributed by atoms with E-state index >= 15 is 0 Å². The third-order valence-corrected chi connectivity index (χ3v) is 8.28. The SMILES string of the molecule is C[C@@H]1CC(F)c2ncnc(N3CCN(C(=O)[C@@H](CN4CCN(CCO)CC4)c4ccc(Cl)cc4)CC3)c21. The van der Waals surface area contributed by atoms with Gasteiger partial charge in [-0.3, -0.25) is 14.6 Å². The van der Waals surface area contributed by atoms with Crippen LogP contribution < -0.4 is 4.90 Å². The molecule has 3 aliphatic rings. The van der Waals surface area contributed by atoms with E-state index < -0.39 is 6.17 Å². The highest BCUT2D eigenvalue weighted by molar-refractivity contribution is 6.30. The van der Waals surface area contributed by atoms with Crippen molar-refractivity contribution in [3.05, 3.63) is 52.4 Å². The van der Waals surface area contributed by atoms with Crippen LogP contribution in [0.15, 0.2) is 30.6 Å². The number of nitrogens with zero attached hydrogens (tertiary/aromatic N) is 6. The first-order valence-electron chi connectivity index (χ1n) is 13.3. The van der Waals surface area contributed by atoms with Gasteiger partial charge in [0.2, 0.25) is 5.91 Å². The molecule has 200 valence electrons. The van der Waals surface area contributed by atoms with Gasteiger partial charge in [0.05, 0.1) is 18.2 Å². The topological polar surface area (TPSA) is 76.0 Å². The van der Waals surface area contributed by atoms with Crippen LogP contribution in [0.3, 0.4) is 0 Å². The zero-order valence-corrected chi connectivity index (χ0v) is 22.2. The molecule has 3 heterocycles. The molecule has 2 saturated heterocycles. The molecule has 0 spiro atoms. The first kappa shape index (κ1) is 26.3. The summed E-state index contributed by atoms with van der Waals surface area (Å²) in [4.78, 5) is 31.4. The van der Waals surface area contributed by atoms with Crippen LogP contribution in [0.5, 0.6) is 0 Å². The van der Waals surface area contributed by atoms with Crippen molar-refractivity contribution >= 4 is 23.3 Å². The highest BCUT2D eigenvalue weighted by atomic mass is 35.5. The Morgan fingerprint density at radius 1 is 1.05 bits per heavy atom. The van der Waals surface area contributed by atoms with E-state index in [0.717, 1.165) is 43.1 Å². The lowest BCUT2D eigenvalue weighted by atomic mass is 9.96. The molecule has 37 heavy (non-hydrogen) atoms. The van der Waals surface area contributed by atoms with Crippen molar-refractivity contribution in [1.29, 1.82) is 0 Å². The Kier molecular flexibility index (Phi) is 8.24. The van der Waals surface area contributed by atoms with E-state index in [4.69, 9.17) is 11.6 Å². The van der Waals surface area contributed by atoms with E-state index in [1.54, 1.807) is 0 Å². The summed E-state index contributed by atoms with van der Waals surface area (Å²) in [6.07, 6.45) is 0.893. The predicted molar refractivity (Wildman–Crippen MR) is 142 cm³/mol. The van der Waals surface area contributed by atoms with Gasteiger partial charge in [-0.05, 0) is 30.0 Å². The molecule has 1 N–H and O–H groups in total. The monoisotopic (exact) mass is 530 g/mol. The average Bonchev–Trinajstić information content (AvgIpc) is 3.22. The fourth-order valence-corrected chi connectivity index (χ4v) is 6.01. The number of aromatic nitrogens is 2. The van der Waals surface area contributed by atoms with Gasteiger partial charge >= 0.3 is 0 Å². The molecule has 2 aromatic rings. The molecule has 10 heteroatoms. The summed E-state index contributed by atoms with van der Waals surface area (Å²) in [6.45, 7) is 9.59. The summed E-state index contributed by atoms with van der Waals surface area (Å²) in [5.41, 5.74) is 2.43. The van der Waals surface area contributed by atoms with Crippen molar-refractivity contribution in [1.82, 2.24) is 24.7 Å². The zero-order chi connectivity index (χ0) is 25.9. The van der Waals surface area contributed by atoms with Gasteiger partial charge in [0, 0.05) is 76.0 Å². The Morgan fingerprint density at radius 2 is 1.73 bits per heavy atom. The second-order valence-electron chi connectivity index (χ2n) is 10.4. The molecule has 5 rings (SSSR count). The number of β-amino-alcohol motifs (C(OH)–C–C–N with tert-alkyl or cyclic N) is 1. The summed E-state index contributed by atoms with van der Waals surface area (Å²) in [6, 6.07) is 7.62. The maximum absolute atomic E-state index is 14.4. The molecule has 0 bridgehead atoms. The number of rotatable bonds is 7. The largest absolute Gasteiger partial charge is 0.395 e. The van der Waals surface area contributed by atoms with Crippen molar-refractivity contribution in [3.63, 3.8) is 0 Å². The van der Waals surface area contributed by atoms with Crippen LogP contribution in [0.1, 0.15) is 48.2 Å². The molecule has 0 radical (unpaired) electrons. The number of carbonyl (C=O) groups is 1. The zero-order valence-electron chi connectivity index (χ0n) is 21.4. The molecule has 3 atom stereocenters. The number of benzene rings is 1. The van der Waals surface area contributed by atoms with E-state index in [9.17, 15) is 14.3 Å². The Bertz CT molecular complexity index is 1070. The molecule has 1 aromatic heterocycles. The van der Waals surface area contributed by atoms with Crippen LogP contribution in [0.2, 0.25) is 5.02 Å². The van der Waals surface area contributed by atoms with Crippen LogP contribution in [-0.4, -0.2) is 108 Å². The Labute approximate surface area is 223 Å². The van der Waals surface area contributed by atoms with Gasteiger partial charge in [-0.2, -0.15) is 0 Å². The second-order valence-corrected chi connectivity index (χ2v) is 10.8. The molecule has 0 saturated carbocycles. The quantitative estimate of drug-likeness (QED) is 0.590. The number of carbonyl (C=O) groups excluding carboxylic acids is 1. The van der Waals surface area contributed by atoms with E-state index in [1.807, 2.05) is 36.1 Å². The second kappa shape index (κ2) is 11.6. The number of halogens is 2. The Hall–Kier alpha value is -2.33. The van der Waals surface area contributed by atoms with Crippen molar-refractivity contribution < 1.29 is 14.3 Å². The summed E-state index contributed by atoms with van der Waals surface area (Å²) >= 11 is 6.14.